The highest BCUT2D eigenvalue weighted by molar-refractivity contribution is 7.89. The number of nitrogens with one attached hydrogen (secondary N) is 1. The third-order valence-corrected chi connectivity index (χ3v) is 5.01. The first-order valence-electron chi connectivity index (χ1n) is 7.37. The van der Waals surface area contributed by atoms with E-state index in [1.54, 1.807) is 42.5 Å². The molecule has 1 unspecified atom stereocenters. The first kappa shape index (κ1) is 18.7. The van der Waals surface area contributed by atoms with E-state index in [9.17, 15) is 13.2 Å². The number of benzene rings is 2. The van der Waals surface area contributed by atoms with Crippen molar-refractivity contribution >= 4 is 16.0 Å². The molecule has 0 bridgehead atoms. The Morgan fingerprint density at radius 1 is 1.04 bits per heavy atom. The molecule has 132 valence electrons. The van der Waals surface area contributed by atoms with Crippen LogP contribution in [0.4, 0.5) is 0 Å². The number of carbonyl (C=O) groups excluding carboxylic acids is 1. The third-order valence-electron chi connectivity index (χ3n) is 3.57. The van der Waals surface area contributed by atoms with Crippen LogP contribution in [0.2, 0.25) is 0 Å². The van der Waals surface area contributed by atoms with E-state index in [0.29, 0.717) is 11.3 Å². The van der Waals surface area contributed by atoms with Crippen molar-refractivity contribution in [2.45, 2.75) is 10.9 Å². The van der Waals surface area contributed by atoms with Gasteiger partial charge in [0.25, 0.3) is 0 Å². The molecule has 0 radical (unpaired) electrons. The summed E-state index contributed by atoms with van der Waals surface area (Å²) in [5.41, 5.74) is 0.570. The number of esters is 1. The van der Waals surface area contributed by atoms with Crippen LogP contribution in [-0.2, 0) is 19.6 Å². The summed E-state index contributed by atoms with van der Waals surface area (Å²) in [6.07, 6.45) is 0. The fourth-order valence-electron chi connectivity index (χ4n) is 2.21. The molecule has 1 atom stereocenters. The van der Waals surface area contributed by atoms with Crippen molar-refractivity contribution in [3.63, 3.8) is 0 Å². The summed E-state index contributed by atoms with van der Waals surface area (Å²) in [6, 6.07) is 13.7. The van der Waals surface area contributed by atoms with E-state index in [0.717, 1.165) is 0 Å². The molecule has 2 aromatic rings. The first-order chi connectivity index (χ1) is 11.9. The Morgan fingerprint density at radius 2 is 1.64 bits per heavy atom. The van der Waals surface area contributed by atoms with Crippen molar-refractivity contribution < 1.29 is 22.7 Å². The quantitative estimate of drug-likeness (QED) is 0.605. The Hall–Kier alpha value is -2.64. The Morgan fingerprint density at radius 3 is 2.16 bits per heavy atom. The van der Waals surface area contributed by atoms with Crippen molar-refractivity contribution in [1.29, 1.82) is 0 Å². The van der Waals surface area contributed by atoms with Crippen LogP contribution in [0.1, 0.15) is 11.6 Å². The molecule has 0 heterocycles. The van der Waals surface area contributed by atoms with Crippen LogP contribution in [-0.4, -0.2) is 28.6 Å². The number of carbonyl (C=O) groups is 1. The molecule has 25 heavy (non-hydrogen) atoms. The molecular weight excluding hydrogens is 342 g/mol. The van der Waals surface area contributed by atoms with Gasteiger partial charge in [-0.3, -0.25) is 0 Å². The maximum atomic E-state index is 12.7. The summed E-state index contributed by atoms with van der Waals surface area (Å²) in [6.45, 7) is 3.69. The van der Waals surface area contributed by atoms with Crippen molar-refractivity contribution in [3.8, 4) is 5.75 Å². The Kier molecular flexibility index (Phi) is 5.95. The summed E-state index contributed by atoms with van der Waals surface area (Å²) >= 11 is 0. The molecule has 0 saturated carbocycles. The van der Waals surface area contributed by atoms with Gasteiger partial charge in [-0.25, -0.2) is 13.2 Å². The lowest BCUT2D eigenvalue weighted by Gasteiger charge is -2.20. The monoisotopic (exact) mass is 361 g/mol. The van der Waals surface area contributed by atoms with Gasteiger partial charge in [0, 0.05) is 0 Å². The minimum atomic E-state index is -3.89. The molecule has 2 aromatic carbocycles. The van der Waals surface area contributed by atoms with Gasteiger partial charge >= 0.3 is 5.97 Å². The van der Waals surface area contributed by atoms with Crippen LogP contribution in [0.5, 0.6) is 5.75 Å². The zero-order valence-electron chi connectivity index (χ0n) is 13.9. The smallest absolute Gasteiger partial charge is 0.335 e. The number of hydrogen-bond donors (Lipinski definition) is 1. The number of sulfonamides is 1. The summed E-state index contributed by atoms with van der Waals surface area (Å²) in [5, 5.41) is 0. The minimum absolute atomic E-state index is 0.00853. The Bertz CT molecular complexity index is 845. The van der Waals surface area contributed by atoms with Crippen molar-refractivity contribution in [2.75, 3.05) is 14.2 Å². The van der Waals surface area contributed by atoms with E-state index >= 15 is 0 Å². The molecule has 0 aromatic heterocycles. The number of rotatable bonds is 7. The van der Waals surface area contributed by atoms with Crippen molar-refractivity contribution in [3.05, 3.63) is 72.3 Å². The largest absolute Gasteiger partial charge is 0.497 e. The zero-order chi connectivity index (χ0) is 18.4. The van der Waals surface area contributed by atoms with Crippen molar-refractivity contribution in [1.82, 2.24) is 4.72 Å². The fraction of sp³-hybridized carbons (Fsp3) is 0.167. The molecule has 0 spiro atoms. The zero-order valence-corrected chi connectivity index (χ0v) is 14.7. The van der Waals surface area contributed by atoms with E-state index < -0.39 is 22.0 Å². The van der Waals surface area contributed by atoms with Gasteiger partial charge in [-0.05, 0) is 29.8 Å². The van der Waals surface area contributed by atoms with Crippen molar-refractivity contribution in [2.24, 2.45) is 0 Å². The van der Waals surface area contributed by atoms with E-state index in [-0.39, 0.29) is 10.5 Å². The highest BCUT2D eigenvalue weighted by Gasteiger charge is 2.27. The number of ether oxygens (including phenoxy) is 2. The summed E-state index contributed by atoms with van der Waals surface area (Å²) in [5.74, 6) is -0.149. The molecule has 0 aliphatic carbocycles. The predicted molar refractivity (Wildman–Crippen MR) is 93.7 cm³/mol. The molecule has 0 aliphatic rings. The molecule has 0 fully saturated rings. The van der Waals surface area contributed by atoms with E-state index in [4.69, 9.17) is 4.74 Å². The second kappa shape index (κ2) is 7.96. The van der Waals surface area contributed by atoms with E-state index in [1.807, 2.05) is 0 Å². The van der Waals surface area contributed by atoms with Gasteiger partial charge in [0.15, 0.2) is 0 Å². The number of hydrogen-bond acceptors (Lipinski definition) is 5. The van der Waals surface area contributed by atoms with Gasteiger partial charge < -0.3 is 9.47 Å². The average molecular weight is 361 g/mol. The second-order valence-corrected chi connectivity index (χ2v) is 6.87. The Labute approximate surface area is 147 Å². The van der Waals surface area contributed by atoms with Crippen LogP contribution in [0, 0.1) is 0 Å². The van der Waals surface area contributed by atoms with Gasteiger partial charge in [0.2, 0.25) is 10.0 Å². The molecule has 0 saturated heterocycles. The average Bonchev–Trinajstić information content (AvgIpc) is 2.65. The van der Waals surface area contributed by atoms with Gasteiger partial charge in [-0.15, -0.1) is 0 Å². The summed E-state index contributed by atoms with van der Waals surface area (Å²) < 4.78 is 37.6. The molecule has 6 nitrogen and oxygen atoms in total. The molecule has 7 heteroatoms. The third kappa shape index (κ3) is 4.46. The normalized spacial score (nSPS) is 12.2. The van der Waals surface area contributed by atoms with Gasteiger partial charge in [0.05, 0.1) is 30.7 Å². The second-order valence-electron chi connectivity index (χ2n) is 5.16. The highest BCUT2D eigenvalue weighted by atomic mass is 32.2. The molecule has 2 rings (SSSR count). The predicted octanol–water partition coefficient (Wildman–Crippen LogP) is 2.44. The molecule has 0 aliphatic heterocycles. The SMILES string of the molecule is C=C(C(=O)OC)C(NS(=O)(=O)c1ccc(OC)cc1)c1ccccc1. The van der Waals surface area contributed by atoms with Crippen LogP contribution >= 0.6 is 0 Å². The lowest BCUT2D eigenvalue weighted by atomic mass is 10.0. The maximum Gasteiger partial charge on any atom is 0.335 e. The van der Waals surface area contributed by atoms with Crippen LogP contribution in [0.3, 0.4) is 0 Å². The first-order valence-corrected chi connectivity index (χ1v) is 8.86. The molecule has 0 amide bonds. The lowest BCUT2D eigenvalue weighted by molar-refractivity contribution is -0.136. The standard InChI is InChI=1S/C18H19NO5S/c1-13(18(20)24-3)17(14-7-5-4-6-8-14)19-25(21,22)16-11-9-15(23-2)10-12-16/h4-12,17,19H,1H2,2-3H3. The van der Waals surface area contributed by atoms with Crippen LogP contribution in [0.25, 0.3) is 0 Å². The Balaban J connectivity index is 2.37. The highest BCUT2D eigenvalue weighted by Crippen LogP contribution is 2.25. The summed E-state index contributed by atoms with van der Waals surface area (Å²) in [7, 11) is -1.18. The molecular formula is C18H19NO5S. The van der Waals surface area contributed by atoms with Gasteiger partial charge in [0.1, 0.15) is 5.75 Å². The van der Waals surface area contributed by atoms with Crippen LogP contribution in [0.15, 0.2) is 71.6 Å². The van der Waals surface area contributed by atoms with E-state index in [2.05, 4.69) is 16.0 Å². The van der Waals surface area contributed by atoms with Gasteiger partial charge in [-0.1, -0.05) is 36.9 Å². The number of methoxy groups -OCH3 is 2. The molecule has 1 N–H and O–H groups in total. The maximum absolute atomic E-state index is 12.7. The summed E-state index contributed by atoms with van der Waals surface area (Å²) in [4.78, 5) is 11.9. The van der Waals surface area contributed by atoms with E-state index in [1.165, 1.54) is 26.4 Å². The topological polar surface area (TPSA) is 81.7 Å². The lowest BCUT2D eigenvalue weighted by Crippen LogP contribution is -2.32. The minimum Gasteiger partial charge on any atom is -0.497 e. The fourth-order valence-corrected chi connectivity index (χ4v) is 3.43. The van der Waals surface area contributed by atoms with Gasteiger partial charge in [-0.2, -0.15) is 4.72 Å². The van der Waals surface area contributed by atoms with Crippen LogP contribution < -0.4 is 9.46 Å².